The first-order valence-electron chi connectivity index (χ1n) is 5.26. The van der Waals surface area contributed by atoms with Gasteiger partial charge >= 0.3 is 0 Å². The fourth-order valence-corrected chi connectivity index (χ4v) is 2.90. The zero-order valence-corrected chi connectivity index (χ0v) is 10.2. The van der Waals surface area contributed by atoms with E-state index in [1.807, 2.05) is 6.92 Å². The first-order chi connectivity index (χ1) is 7.13. The zero-order valence-electron chi connectivity index (χ0n) is 9.40. The molecule has 0 aromatic carbocycles. The summed E-state index contributed by atoms with van der Waals surface area (Å²) in [5.41, 5.74) is 8.20. The van der Waals surface area contributed by atoms with Gasteiger partial charge in [-0.05, 0) is 12.8 Å². The molecule has 2 heterocycles. The molecule has 0 fully saturated rings. The van der Waals surface area contributed by atoms with Crippen molar-refractivity contribution in [3.05, 3.63) is 23.0 Å². The number of fused-ring (bicyclic) bond motifs is 1. The summed E-state index contributed by atoms with van der Waals surface area (Å²) in [6.45, 7) is 7.15. The number of imidazole rings is 1. The molecule has 0 saturated carbocycles. The van der Waals surface area contributed by atoms with Crippen molar-refractivity contribution in [2.24, 2.45) is 11.7 Å². The summed E-state index contributed by atoms with van der Waals surface area (Å²) in [7, 11) is 0. The average molecular weight is 223 g/mol. The third kappa shape index (κ3) is 1.79. The van der Waals surface area contributed by atoms with Gasteiger partial charge in [-0.15, -0.1) is 11.3 Å². The van der Waals surface area contributed by atoms with Crippen LogP contribution in [0.1, 0.15) is 31.2 Å². The van der Waals surface area contributed by atoms with Crippen LogP contribution in [-0.4, -0.2) is 15.9 Å². The quantitative estimate of drug-likeness (QED) is 0.868. The van der Waals surface area contributed by atoms with Crippen LogP contribution in [0.25, 0.3) is 4.96 Å². The van der Waals surface area contributed by atoms with Gasteiger partial charge in [-0.1, -0.05) is 13.8 Å². The predicted octanol–water partition coefficient (Wildman–Crippen LogP) is 2.40. The van der Waals surface area contributed by atoms with Gasteiger partial charge in [0.15, 0.2) is 4.96 Å². The zero-order chi connectivity index (χ0) is 11.0. The highest BCUT2D eigenvalue weighted by Gasteiger charge is 2.18. The predicted molar refractivity (Wildman–Crippen MR) is 64.4 cm³/mol. The molecule has 2 aromatic rings. The van der Waals surface area contributed by atoms with Gasteiger partial charge < -0.3 is 5.73 Å². The Bertz CT molecular complexity index is 455. The Hall–Kier alpha value is -0.870. The molecule has 0 radical (unpaired) electrons. The van der Waals surface area contributed by atoms with Crippen LogP contribution in [0.5, 0.6) is 0 Å². The van der Waals surface area contributed by atoms with Crippen LogP contribution in [0.3, 0.4) is 0 Å². The second kappa shape index (κ2) is 3.94. The molecule has 0 aliphatic carbocycles. The molecule has 82 valence electrons. The van der Waals surface area contributed by atoms with Crippen LogP contribution in [-0.2, 0) is 0 Å². The summed E-state index contributed by atoms with van der Waals surface area (Å²) in [6, 6.07) is 0. The van der Waals surface area contributed by atoms with Crippen molar-refractivity contribution in [1.29, 1.82) is 0 Å². The van der Waals surface area contributed by atoms with Gasteiger partial charge in [0.25, 0.3) is 0 Å². The minimum atomic E-state index is 0.423. The van der Waals surface area contributed by atoms with Crippen LogP contribution in [0, 0.1) is 12.8 Å². The summed E-state index contributed by atoms with van der Waals surface area (Å²) in [4.78, 5) is 5.52. The average Bonchev–Trinajstić information content (AvgIpc) is 2.67. The molecule has 0 amide bonds. The van der Waals surface area contributed by atoms with Crippen molar-refractivity contribution >= 4 is 16.3 Å². The van der Waals surface area contributed by atoms with Crippen LogP contribution in [0.2, 0.25) is 0 Å². The number of aromatic nitrogens is 2. The third-order valence-corrected chi connectivity index (χ3v) is 3.65. The Morgan fingerprint density at radius 3 is 2.87 bits per heavy atom. The van der Waals surface area contributed by atoms with E-state index in [9.17, 15) is 0 Å². The maximum absolute atomic E-state index is 5.83. The van der Waals surface area contributed by atoms with Gasteiger partial charge in [0.2, 0.25) is 0 Å². The van der Waals surface area contributed by atoms with Crippen LogP contribution in [0.4, 0.5) is 0 Å². The van der Waals surface area contributed by atoms with Crippen molar-refractivity contribution in [3.63, 3.8) is 0 Å². The van der Waals surface area contributed by atoms with E-state index in [1.165, 1.54) is 5.69 Å². The molecule has 0 aliphatic rings. The SMILES string of the molecule is Cc1cn2c(C(CN)C(C)C)csc2n1. The van der Waals surface area contributed by atoms with Crippen LogP contribution >= 0.6 is 11.3 Å². The van der Waals surface area contributed by atoms with Crippen LogP contribution < -0.4 is 5.73 Å². The summed E-state index contributed by atoms with van der Waals surface area (Å²) in [5.74, 6) is 0.989. The number of thiazole rings is 1. The fraction of sp³-hybridized carbons (Fsp3) is 0.545. The standard InChI is InChI=1S/C11H17N3S/c1-7(2)9(4-12)10-6-15-11-13-8(3)5-14(10)11/h5-7,9H,4,12H2,1-3H3. The van der Waals surface area contributed by atoms with Gasteiger partial charge in [0.05, 0.1) is 5.69 Å². The summed E-state index contributed by atoms with van der Waals surface area (Å²) in [6.07, 6.45) is 2.09. The maximum Gasteiger partial charge on any atom is 0.194 e. The Balaban J connectivity index is 2.49. The van der Waals surface area contributed by atoms with Crippen LogP contribution in [0.15, 0.2) is 11.6 Å². The highest BCUT2D eigenvalue weighted by Crippen LogP contribution is 2.27. The Morgan fingerprint density at radius 1 is 1.53 bits per heavy atom. The third-order valence-electron chi connectivity index (χ3n) is 2.80. The summed E-state index contributed by atoms with van der Waals surface area (Å²) in [5, 5.41) is 2.18. The van der Waals surface area contributed by atoms with Crippen molar-refractivity contribution in [1.82, 2.24) is 9.38 Å². The molecule has 2 N–H and O–H groups in total. The molecule has 0 aliphatic heterocycles. The molecule has 0 spiro atoms. The van der Waals surface area contributed by atoms with Crippen molar-refractivity contribution in [2.45, 2.75) is 26.7 Å². The Kier molecular flexibility index (Phi) is 2.80. The first kappa shape index (κ1) is 10.6. The molecule has 0 bridgehead atoms. The fourth-order valence-electron chi connectivity index (χ4n) is 1.91. The van der Waals surface area contributed by atoms with E-state index in [-0.39, 0.29) is 0 Å². The highest BCUT2D eigenvalue weighted by atomic mass is 32.1. The maximum atomic E-state index is 5.83. The van der Waals surface area contributed by atoms with E-state index < -0.39 is 0 Å². The molecule has 2 aromatic heterocycles. The number of hydrogen-bond donors (Lipinski definition) is 1. The van der Waals surface area contributed by atoms with Gasteiger partial charge in [0, 0.05) is 29.7 Å². The van der Waals surface area contributed by atoms with Gasteiger partial charge in [-0.2, -0.15) is 0 Å². The normalized spacial score (nSPS) is 13.9. The minimum Gasteiger partial charge on any atom is -0.330 e. The molecule has 2 rings (SSSR count). The number of nitrogens with zero attached hydrogens (tertiary/aromatic N) is 2. The number of aryl methyl sites for hydroxylation is 1. The largest absolute Gasteiger partial charge is 0.330 e. The van der Waals surface area contributed by atoms with E-state index in [2.05, 4.69) is 34.8 Å². The summed E-state index contributed by atoms with van der Waals surface area (Å²) >= 11 is 1.69. The Labute approximate surface area is 93.9 Å². The Morgan fingerprint density at radius 2 is 2.27 bits per heavy atom. The molecule has 15 heavy (non-hydrogen) atoms. The molecular formula is C11H17N3S. The van der Waals surface area contributed by atoms with Crippen molar-refractivity contribution in [2.75, 3.05) is 6.54 Å². The van der Waals surface area contributed by atoms with Gasteiger partial charge in [-0.3, -0.25) is 4.40 Å². The van der Waals surface area contributed by atoms with E-state index in [4.69, 9.17) is 5.73 Å². The lowest BCUT2D eigenvalue weighted by molar-refractivity contribution is 0.493. The molecule has 1 unspecified atom stereocenters. The van der Waals surface area contributed by atoms with E-state index >= 15 is 0 Å². The molecule has 4 heteroatoms. The molecule has 1 atom stereocenters. The van der Waals surface area contributed by atoms with Crippen molar-refractivity contribution in [3.8, 4) is 0 Å². The van der Waals surface area contributed by atoms with Crippen molar-refractivity contribution < 1.29 is 0 Å². The topological polar surface area (TPSA) is 43.3 Å². The van der Waals surface area contributed by atoms with E-state index in [0.717, 1.165) is 10.7 Å². The highest BCUT2D eigenvalue weighted by molar-refractivity contribution is 7.15. The first-order valence-corrected chi connectivity index (χ1v) is 6.14. The van der Waals surface area contributed by atoms with E-state index in [0.29, 0.717) is 18.4 Å². The minimum absolute atomic E-state index is 0.423. The lowest BCUT2D eigenvalue weighted by Gasteiger charge is -2.17. The number of nitrogens with two attached hydrogens (primary N) is 1. The number of hydrogen-bond acceptors (Lipinski definition) is 3. The molecular weight excluding hydrogens is 206 g/mol. The molecule has 3 nitrogen and oxygen atoms in total. The van der Waals surface area contributed by atoms with Gasteiger partial charge in [-0.25, -0.2) is 4.98 Å². The van der Waals surface area contributed by atoms with Gasteiger partial charge in [0.1, 0.15) is 0 Å². The smallest absolute Gasteiger partial charge is 0.194 e. The molecule has 0 saturated heterocycles. The second-order valence-corrected chi connectivity index (χ2v) is 5.12. The summed E-state index contributed by atoms with van der Waals surface area (Å²) < 4.78 is 2.18. The number of rotatable bonds is 3. The lowest BCUT2D eigenvalue weighted by Crippen LogP contribution is -2.19. The monoisotopic (exact) mass is 223 g/mol. The second-order valence-electron chi connectivity index (χ2n) is 4.28. The van der Waals surface area contributed by atoms with E-state index in [1.54, 1.807) is 11.3 Å². The lowest BCUT2D eigenvalue weighted by atomic mass is 9.93.